The topological polar surface area (TPSA) is 110 Å². The second kappa shape index (κ2) is 8.88. The van der Waals surface area contributed by atoms with Gasteiger partial charge in [-0.2, -0.15) is 0 Å². The number of primary amides is 1. The van der Waals surface area contributed by atoms with Gasteiger partial charge in [0, 0.05) is 13.0 Å². The van der Waals surface area contributed by atoms with E-state index in [0.717, 1.165) is 17.4 Å². The Kier molecular flexibility index (Phi) is 6.80. The minimum atomic E-state index is -3.49. The zero-order chi connectivity index (χ0) is 20.9. The molecule has 0 fully saturated rings. The van der Waals surface area contributed by atoms with Crippen LogP contribution in [0.25, 0.3) is 0 Å². The molecule has 0 aliphatic rings. The smallest absolute Gasteiger partial charge is 0.250 e. The van der Waals surface area contributed by atoms with Crippen molar-refractivity contribution in [3.05, 3.63) is 59.2 Å². The van der Waals surface area contributed by atoms with Gasteiger partial charge in [-0.15, -0.1) is 0 Å². The molecule has 2 amide bonds. The highest BCUT2D eigenvalue weighted by Crippen LogP contribution is 2.22. The highest BCUT2D eigenvalue weighted by atomic mass is 32.2. The normalized spacial score (nSPS) is 11.1. The molecule has 8 heteroatoms. The van der Waals surface area contributed by atoms with Crippen LogP contribution >= 0.6 is 0 Å². The molecule has 0 aromatic heterocycles. The van der Waals surface area contributed by atoms with Crippen LogP contribution < -0.4 is 15.4 Å². The third-order valence-electron chi connectivity index (χ3n) is 4.13. The van der Waals surface area contributed by atoms with Gasteiger partial charge in [-0.1, -0.05) is 18.2 Å². The first-order chi connectivity index (χ1) is 13.1. The summed E-state index contributed by atoms with van der Waals surface area (Å²) in [5.41, 5.74) is 8.38. The van der Waals surface area contributed by atoms with E-state index in [4.69, 9.17) is 5.73 Å². The fraction of sp³-hybridized carbons (Fsp3) is 0.300. The maximum atomic E-state index is 12.2. The van der Waals surface area contributed by atoms with Gasteiger partial charge in [0.1, 0.15) is 0 Å². The molecule has 0 aliphatic carbocycles. The van der Waals surface area contributed by atoms with Gasteiger partial charge in [0.2, 0.25) is 15.9 Å². The van der Waals surface area contributed by atoms with E-state index in [9.17, 15) is 18.0 Å². The van der Waals surface area contributed by atoms with Gasteiger partial charge in [-0.3, -0.25) is 13.9 Å². The molecule has 7 nitrogen and oxygen atoms in total. The molecule has 0 spiro atoms. The van der Waals surface area contributed by atoms with Gasteiger partial charge < -0.3 is 11.1 Å². The van der Waals surface area contributed by atoms with E-state index in [-0.39, 0.29) is 24.4 Å². The van der Waals surface area contributed by atoms with Crippen LogP contribution in [0.2, 0.25) is 0 Å². The fourth-order valence-corrected chi connectivity index (χ4v) is 3.93. The Morgan fingerprint density at radius 2 is 1.68 bits per heavy atom. The number of rotatable bonds is 8. The number of hydrogen-bond donors (Lipinski definition) is 2. The lowest BCUT2D eigenvalue weighted by molar-refractivity contribution is -0.116. The summed E-state index contributed by atoms with van der Waals surface area (Å²) in [5, 5.41) is 2.65. The van der Waals surface area contributed by atoms with Gasteiger partial charge in [0.25, 0.3) is 5.91 Å². The molecule has 2 aromatic carbocycles. The van der Waals surface area contributed by atoms with Crippen LogP contribution in [0.5, 0.6) is 0 Å². The van der Waals surface area contributed by atoms with Gasteiger partial charge in [-0.05, 0) is 55.7 Å². The minimum Gasteiger partial charge on any atom is -0.366 e. The highest BCUT2D eigenvalue weighted by molar-refractivity contribution is 7.92. The predicted octanol–water partition coefficient (Wildman–Crippen LogP) is 2.59. The average Bonchev–Trinajstić information content (AvgIpc) is 2.57. The standard InChI is InChI=1S/C20H25N3O4S/c1-14-11-15(2)13-16(12-14)23(28(3,26)27)10-6-9-19(24)22-18-8-5-4-7-17(18)20(21)25/h4-5,7-8,11-13H,6,9-10H2,1-3H3,(H2,21,25)(H,22,24). The number of nitrogens with one attached hydrogen (secondary N) is 1. The molecule has 150 valence electrons. The quantitative estimate of drug-likeness (QED) is 0.706. The number of nitrogens with two attached hydrogens (primary N) is 1. The van der Waals surface area contributed by atoms with Crippen molar-refractivity contribution in [3.8, 4) is 0 Å². The summed E-state index contributed by atoms with van der Waals surface area (Å²) in [5.74, 6) is -0.948. The van der Waals surface area contributed by atoms with Gasteiger partial charge in [0.05, 0.1) is 23.2 Å². The molecule has 2 rings (SSSR count). The third kappa shape index (κ3) is 5.82. The largest absolute Gasteiger partial charge is 0.366 e. The molecule has 0 heterocycles. The number of amides is 2. The Morgan fingerprint density at radius 1 is 1.07 bits per heavy atom. The molecule has 0 saturated heterocycles. The first-order valence-corrected chi connectivity index (χ1v) is 10.7. The summed E-state index contributed by atoms with van der Waals surface area (Å²) < 4.78 is 25.7. The molecular formula is C20H25N3O4S. The van der Waals surface area contributed by atoms with Crippen molar-refractivity contribution in [1.29, 1.82) is 0 Å². The molecule has 0 atom stereocenters. The zero-order valence-electron chi connectivity index (χ0n) is 16.2. The maximum absolute atomic E-state index is 12.2. The van der Waals surface area contributed by atoms with Crippen molar-refractivity contribution in [3.63, 3.8) is 0 Å². The Labute approximate surface area is 165 Å². The first kappa shape index (κ1) is 21.4. The molecule has 0 aliphatic heterocycles. The van der Waals surface area contributed by atoms with E-state index in [1.807, 2.05) is 19.9 Å². The summed E-state index contributed by atoms with van der Waals surface area (Å²) in [6.07, 6.45) is 1.57. The summed E-state index contributed by atoms with van der Waals surface area (Å²) in [4.78, 5) is 23.7. The number of hydrogen-bond acceptors (Lipinski definition) is 4. The molecule has 0 radical (unpaired) electrons. The Morgan fingerprint density at radius 3 is 2.25 bits per heavy atom. The van der Waals surface area contributed by atoms with Crippen molar-refractivity contribution in [1.82, 2.24) is 0 Å². The van der Waals surface area contributed by atoms with Gasteiger partial charge >= 0.3 is 0 Å². The lowest BCUT2D eigenvalue weighted by Gasteiger charge is -2.23. The Bertz CT molecular complexity index is 966. The maximum Gasteiger partial charge on any atom is 0.250 e. The van der Waals surface area contributed by atoms with Crippen molar-refractivity contribution in [2.75, 3.05) is 22.4 Å². The molecule has 28 heavy (non-hydrogen) atoms. The predicted molar refractivity (Wildman–Crippen MR) is 111 cm³/mol. The number of carbonyl (C=O) groups excluding carboxylic acids is 2. The first-order valence-electron chi connectivity index (χ1n) is 8.82. The van der Waals surface area contributed by atoms with E-state index >= 15 is 0 Å². The zero-order valence-corrected chi connectivity index (χ0v) is 17.0. The number of sulfonamides is 1. The van der Waals surface area contributed by atoms with Crippen LogP contribution in [-0.4, -0.2) is 33.0 Å². The van der Waals surface area contributed by atoms with E-state index in [1.165, 1.54) is 10.4 Å². The van der Waals surface area contributed by atoms with Crippen LogP contribution in [0.15, 0.2) is 42.5 Å². The van der Waals surface area contributed by atoms with E-state index in [0.29, 0.717) is 17.8 Å². The van der Waals surface area contributed by atoms with E-state index in [1.54, 1.807) is 30.3 Å². The van der Waals surface area contributed by atoms with Crippen LogP contribution in [-0.2, 0) is 14.8 Å². The van der Waals surface area contributed by atoms with Gasteiger partial charge in [-0.25, -0.2) is 8.42 Å². The van der Waals surface area contributed by atoms with Crippen LogP contribution in [0.4, 0.5) is 11.4 Å². The second-order valence-corrected chi connectivity index (χ2v) is 8.65. The van der Waals surface area contributed by atoms with Crippen molar-refractivity contribution in [2.45, 2.75) is 26.7 Å². The molecular weight excluding hydrogens is 378 g/mol. The number of benzene rings is 2. The number of nitrogens with zero attached hydrogens (tertiary/aromatic N) is 1. The molecule has 2 aromatic rings. The number of aryl methyl sites for hydroxylation is 2. The van der Waals surface area contributed by atoms with E-state index < -0.39 is 15.9 Å². The molecule has 0 bridgehead atoms. The monoisotopic (exact) mass is 403 g/mol. The summed E-state index contributed by atoms with van der Waals surface area (Å²) in [7, 11) is -3.49. The molecule has 3 N–H and O–H groups in total. The summed E-state index contributed by atoms with van der Waals surface area (Å²) >= 11 is 0. The van der Waals surface area contributed by atoms with Crippen LogP contribution in [0.3, 0.4) is 0 Å². The average molecular weight is 404 g/mol. The van der Waals surface area contributed by atoms with Crippen LogP contribution in [0, 0.1) is 13.8 Å². The second-order valence-electron chi connectivity index (χ2n) is 6.74. The number of anilines is 2. The van der Waals surface area contributed by atoms with Crippen LogP contribution in [0.1, 0.15) is 34.3 Å². The Balaban J connectivity index is 2.05. The third-order valence-corrected chi connectivity index (χ3v) is 5.32. The van der Waals surface area contributed by atoms with Crippen molar-refractivity contribution >= 4 is 33.2 Å². The SMILES string of the molecule is Cc1cc(C)cc(N(CCCC(=O)Nc2ccccc2C(N)=O)S(C)(=O)=O)c1. The minimum absolute atomic E-state index is 0.101. The summed E-state index contributed by atoms with van der Waals surface area (Å²) in [6, 6.07) is 12.0. The highest BCUT2D eigenvalue weighted by Gasteiger charge is 2.18. The molecule has 0 unspecified atom stereocenters. The number of carbonyl (C=O) groups is 2. The van der Waals surface area contributed by atoms with Crippen molar-refractivity contribution < 1.29 is 18.0 Å². The van der Waals surface area contributed by atoms with Gasteiger partial charge in [0.15, 0.2) is 0 Å². The lowest BCUT2D eigenvalue weighted by Crippen LogP contribution is -2.31. The van der Waals surface area contributed by atoms with E-state index in [2.05, 4.69) is 5.32 Å². The molecule has 0 saturated carbocycles. The number of para-hydroxylation sites is 1. The Hall–Kier alpha value is -2.87. The lowest BCUT2D eigenvalue weighted by atomic mass is 10.1. The summed E-state index contributed by atoms with van der Waals surface area (Å²) in [6.45, 7) is 3.98. The fourth-order valence-electron chi connectivity index (χ4n) is 2.98. The van der Waals surface area contributed by atoms with Crippen molar-refractivity contribution in [2.24, 2.45) is 5.73 Å².